The fourth-order valence-corrected chi connectivity index (χ4v) is 6.29. The van der Waals surface area contributed by atoms with Gasteiger partial charge in [-0.05, 0) is 0 Å². The molecule has 2 atom stereocenters. The van der Waals surface area contributed by atoms with Gasteiger partial charge in [0.25, 0.3) is 0 Å². The van der Waals surface area contributed by atoms with Crippen molar-refractivity contribution in [1.29, 1.82) is 0 Å². The first-order valence-corrected chi connectivity index (χ1v) is 9.50. The number of likely N-dealkylation sites (N-methyl/N-ethyl adjacent to an activating group) is 1. The molecule has 0 N–H and O–H groups in total. The third-order valence-electron chi connectivity index (χ3n) is 4.52. The molecule has 1 heterocycles. The van der Waals surface area contributed by atoms with Crippen molar-refractivity contribution in [1.82, 2.24) is 4.67 Å². The zero-order valence-electron chi connectivity index (χ0n) is 12.3. The summed E-state index contributed by atoms with van der Waals surface area (Å²) in [5.41, 5.74) is 1.28. The molecule has 0 amide bonds. The summed E-state index contributed by atoms with van der Waals surface area (Å²) in [5, 5.41) is 1.34. The molecule has 2 aromatic rings. The Morgan fingerprint density at radius 3 is 2.15 bits per heavy atom. The molecule has 0 radical (unpaired) electrons. The van der Waals surface area contributed by atoms with Gasteiger partial charge in [-0.15, -0.1) is 0 Å². The van der Waals surface area contributed by atoms with Crippen molar-refractivity contribution in [2.75, 3.05) is 7.05 Å². The Morgan fingerprint density at radius 2 is 1.55 bits per heavy atom. The molecule has 1 fully saturated rings. The average molecular weight is 285 g/mol. The van der Waals surface area contributed by atoms with E-state index in [1.807, 2.05) is 0 Å². The van der Waals surface area contributed by atoms with E-state index in [0.29, 0.717) is 6.04 Å². The van der Waals surface area contributed by atoms with Crippen LogP contribution in [0.2, 0.25) is 0 Å². The van der Waals surface area contributed by atoms with Crippen molar-refractivity contribution in [3.05, 3.63) is 66.2 Å². The second-order valence-electron chi connectivity index (χ2n) is 5.65. The normalized spacial score (nSPS) is 27.3. The van der Waals surface area contributed by atoms with Crippen molar-refractivity contribution in [3.8, 4) is 0 Å². The predicted molar refractivity (Wildman–Crippen MR) is 90.4 cm³/mol. The van der Waals surface area contributed by atoms with Crippen molar-refractivity contribution in [3.63, 3.8) is 0 Å². The molecular formula is C16H21BNOP. The molecule has 0 aliphatic carbocycles. The van der Waals surface area contributed by atoms with Crippen molar-refractivity contribution in [2.45, 2.75) is 19.1 Å². The van der Waals surface area contributed by atoms with Crippen LogP contribution in [0, 0.1) is 0 Å². The predicted octanol–water partition coefficient (Wildman–Crippen LogP) is 2.53. The standard InChI is InChI=1S/C16H21BNOP/c1-13-16(14-9-5-3-6-10-14)19-20(17,18(13)2)15-11-7-4-8-12-15/h3-13,16,20H,17H2,1-2H3/t13-,16-/m0/s1. The summed E-state index contributed by atoms with van der Waals surface area (Å²) in [6.45, 7) is 2.26. The first-order valence-electron chi connectivity index (χ1n) is 7.14. The molecule has 4 heteroatoms. The number of rotatable bonds is 2. The van der Waals surface area contributed by atoms with Crippen LogP contribution in [0.5, 0.6) is 0 Å². The van der Waals surface area contributed by atoms with E-state index in [1.54, 1.807) is 0 Å². The third-order valence-corrected chi connectivity index (χ3v) is 8.39. The van der Waals surface area contributed by atoms with E-state index in [-0.39, 0.29) is 6.10 Å². The van der Waals surface area contributed by atoms with Crippen LogP contribution in [0.4, 0.5) is 0 Å². The number of benzene rings is 2. The van der Waals surface area contributed by atoms with Crippen LogP contribution >= 0.6 is 7.52 Å². The monoisotopic (exact) mass is 285 g/mol. The van der Waals surface area contributed by atoms with Gasteiger partial charge >= 0.3 is 122 Å². The Labute approximate surface area is 122 Å². The number of hydrogen-bond acceptors (Lipinski definition) is 2. The maximum absolute atomic E-state index is 6.61. The molecule has 3 rings (SSSR count). The van der Waals surface area contributed by atoms with Gasteiger partial charge in [0, 0.05) is 0 Å². The van der Waals surface area contributed by atoms with Gasteiger partial charge in [0.05, 0.1) is 0 Å². The van der Waals surface area contributed by atoms with Crippen molar-refractivity contribution < 1.29 is 4.52 Å². The van der Waals surface area contributed by atoms with E-state index in [9.17, 15) is 0 Å². The molecular weight excluding hydrogens is 264 g/mol. The van der Waals surface area contributed by atoms with Gasteiger partial charge in [0.2, 0.25) is 0 Å². The van der Waals surface area contributed by atoms with Crippen LogP contribution in [0.15, 0.2) is 60.7 Å². The van der Waals surface area contributed by atoms with Crippen LogP contribution in [-0.2, 0) is 4.52 Å². The molecule has 0 aromatic heterocycles. The fraction of sp³-hybridized carbons (Fsp3) is 0.250. The third kappa shape index (κ3) is 2.20. The minimum absolute atomic E-state index is 0.165. The van der Waals surface area contributed by atoms with E-state index in [1.165, 1.54) is 10.9 Å². The van der Waals surface area contributed by atoms with E-state index in [4.69, 9.17) is 4.52 Å². The van der Waals surface area contributed by atoms with Crippen molar-refractivity contribution >= 4 is 20.4 Å². The van der Waals surface area contributed by atoms with Crippen molar-refractivity contribution in [2.24, 2.45) is 0 Å². The second kappa shape index (κ2) is 5.33. The number of nitrogens with zero attached hydrogens (tertiary/aromatic N) is 1. The summed E-state index contributed by atoms with van der Waals surface area (Å²) < 4.78 is 9.07. The molecule has 0 spiro atoms. The van der Waals surface area contributed by atoms with Gasteiger partial charge in [0.1, 0.15) is 0 Å². The first-order chi connectivity index (χ1) is 9.63. The second-order valence-corrected chi connectivity index (χ2v) is 9.13. The van der Waals surface area contributed by atoms with Gasteiger partial charge in [-0.3, -0.25) is 0 Å². The van der Waals surface area contributed by atoms with Crippen LogP contribution in [0.3, 0.4) is 0 Å². The van der Waals surface area contributed by atoms with E-state index < -0.39 is 7.52 Å². The summed E-state index contributed by atoms with van der Waals surface area (Å²) in [6, 6.07) is 21.6. The molecule has 20 heavy (non-hydrogen) atoms. The zero-order valence-corrected chi connectivity index (χ0v) is 13.3. The Bertz CT molecular complexity index is 580. The molecule has 1 saturated heterocycles. The number of hydrogen-bond donors (Lipinski definition) is 0. The van der Waals surface area contributed by atoms with E-state index in [2.05, 4.69) is 86.9 Å². The van der Waals surface area contributed by atoms with Gasteiger partial charge < -0.3 is 0 Å². The average Bonchev–Trinajstić information content (AvgIpc) is 2.75. The summed E-state index contributed by atoms with van der Waals surface area (Å²) >= 11 is 0. The SMILES string of the molecule is B[PH]1(c2ccccc2)O[C@H](c2ccccc2)[C@H](C)N1C. The topological polar surface area (TPSA) is 12.5 Å². The molecule has 0 bridgehead atoms. The van der Waals surface area contributed by atoms with Crippen LogP contribution < -0.4 is 5.30 Å². The maximum atomic E-state index is 6.61. The van der Waals surface area contributed by atoms with Crippen LogP contribution in [-0.4, -0.2) is 25.3 Å². The Kier molecular flexibility index (Phi) is 3.68. The first kappa shape index (κ1) is 13.8. The molecule has 1 aliphatic heterocycles. The molecule has 2 nitrogen and oxygen atoms in total. The van der Waals surface area contributed by atoms with E-state index >= 15 is 0 Å². The van der Waals surface area contributed by atoms with Gasteiger partial charge in [0.15, 0.2) is 0 Å². The fourth-order valence-electron chi connectivity index (χ4n) is 3.03. The molecule has 104 valence electrons. The molecule has 2 aromatic carbocycles. The molecule has 1 aliphatic rings. The summed E-state index contributed by atoms with van der Waals surface area (Å²) in [7, 11) is 2.45. The molecule has 0 unspecified atom stereocenters. The van der Waals surface area contributed by atoms with Crippen LogP contribution in [0.25, 0.3) is 0 Å². The van der Waals surface area contributed by atoms with Gasteiger partial charge in [-0.2, -0.15) is 0 Å². The molecule has 0 saturated carbocycles. The Balaban J connectivity index is 1.97. The zero-order chi connectivity index (χ0) is 14.2. The summed E-state index contributed by atoms with van der Waals surface area (Å²) in [6.07, 6.45) is 0.165. The van der Waals surface area contributed by atoms with Gasteiger partial charge in [-0.25, -0.2) is 0 Å². The summed E-state index contributed by atoms with van der Waals surface area (Å²) in [4.78, 5) is 0. The Hall–Kier alpha value is -1.15. The summed E-state index contributed by atoms with van der Waals surface area (Å²) in [5.74, 6) is 0. The van der Waals surface area contributed by atoms with Crippen LogP contribution in [0.1, 0.15) is 18.6 Å². The minimum atomic E-state index is -2.04. The quantitative estimate of drug-likeness (QED) is 0.621. The Morgan fingerprint density at radius 1 is 1.00 bits per heavy atom. The van der Waals surface area contributed by atoms with Gasteiger partial charge in [-0.1, -0.05) is 0 Å². The van der Waals surface area contributed by atoms with E-state index in [0.717, 1.165) is 0 Å².